The second-order valence-corrected chi connectivity index (χ2v) is 5.77. The molecule has 1 rings (SSSR count). The van der Waals surface area contributed by atoms with Crippen molar-refractivity contribution >= 4 is 0 Å². The summed E-state index contributed by atoms with van der Waals surface area (Å²) >= 11 is 0. The normalized spacial score (nSPS) is 35.8. The van der Waals surface area contributed by atoms with Crippen molar-refractivity contribution in [3.8, 4) is 0 Å². The van der Waals surface area contributed by atoms with Crippen LogP contribution in [0.15, 0.2) is 0 Å². The van der Waals surface area contributed by atoms with Crippen molar-refractivity contribution in [2.24, 2.45) is 23.2 Å². The minimum Gasteiger partial charge on any atom is -0.0651 e. The molecule has 0 aliphatic heterocycles. The molecule has 0 aromatic rings. The van der Waals surface area contributed by atoms with E-state index in [2.05, 4.69) is 34.6 Å². The smallest absolute Gasteiger partial charge is 0.0311 e. The molecule has 78 valence electrons. The van der Waals surface area contributed by atoms with Crippen LogP contribution in [-0.4, -0.2) is 0 Å². The Balaban J connectivity index is 2.74. The van der Waals surface area contributed by atoms with Gasteiger partial charge in [0.2, 0.25) is 0 Å². The molecule has 1 saturated carbocycles. The quantitative estimate of drug-likeness (QED) is 0.590. The lowest BCUT2D eigenvalue weighted by Crippen LogP contribution is -2.37. The predicted molar refractivity (Wildman–Crippen MR) is 59.7 cm³/mol. The minimum atomic E-state index is 0.590. The topological polar surface area (TPSA) is 0 Å². The standard InChI is InChI=1S/C13H26/c1-6-10(2)12-11(3)8-7-9-13(12,4)5/h10-12H,6-9H2,1-5H3. The third-order valence-electron chi connectivity index (χ3n) is 4.25. The highest BCUT2D eigenvalue weighted by molar-refractivity contribution is 4.88. The summed E-state index contributed by atoms with van der Waals surface area (Å²) in [5, 5.41) is 0. The molecule has 0 nitrogen and oxygen atoms in total. The Bertz CT molecular complexity index is 153. The van der Waals surface area contributed by atoms with Crippen LogP contribution in [0.25, 0.3) is 0 Å². The maximum Gasteiger partial charge on any atom is -0.0311 e. The largest absolute Gasteiger partial charge is 0.0651 e. The van der Waals surface area contributed by atoms with Gasteiger partial charge in [0, 0.05) is 0 Å². The van der Waals surface area contributed by atoms with Gasteiger partial charge < -0.3 is 0 Å². The lowest BCUT2D eigenvalue weighted by atomic mass is 9.59. The average molecular weight is 182 g/mol. The zero-order valence-corrected chi connectivity index (χ0v) is 10.1. The van der Waals surface area contributed by atoms with Crippen molar-refractivity contribution in [3.63, 3.8) is 0 Å². The first-order valence-electron chi connectivity index (χ1n) is 5.99. The van der Waals surface area contributed by atoms with Gasteiger partial charge in [0.05, 0.1) is 0 Å². The van der Waals surface area contributed by atoms with Gasteiger partial charge in [0.1, 0.15) is 0 Å². The summed E-state index contributed by atoms with van der Waals surface area (Å²) in [4.78, 5) is 0. The zero-order valence-electron chi connectivity index (χ0n) is 10.1. The van der Waals surface area contributed by atoms with E-state index in [4.69, 9.17) is 0 Å². The highest BCUT2D eigenvalue weighted by Gasteiger charge is 2.38. The fourth-order valence-corrected chi connectivity index (χ4v) is 3.58. The SMILES string of the molecule is CCC(C)C1C(C)CCCC1(C)C. The molecule has 0 heterocycles. The summed E-state index contributed by atoms with van der Waals surface area (Å²) in [5.41, 5.74) is 0.590. The van der Waals surface area contributed by atoms with Crippen LogP contribution in [0.3, 0.4) is 0 Å². The van der Waals surface area contributed by atoms with Crippen LogP contribution in [0.4, 0.5) is 0 Å². The molecule has 0 aromatic carbocycles. The van der Waals surface area contributed by atoms with Crippen LogP contribution < -0.4 is 0 Å². The minimum absolute atomic E-state index is 0.590. The van der Waals surface area contributed by atoms with Gasteiger partial charge in [-0.1, -0.05) is 53.9 Å². The monoisotopic (exact) mass is 182 g/mol. The van der Waals surface area contributed by atoms with Gasteiger partial charge in [-0.25, -0.2) is 0 Å². The van der Waals surface area contributed by atoms with Gasteiger partial charge in [-0.05, 0) is 29.6 Å². The van der Waals surface area contributed by atoms with Crippen LogP contribution in [-0.2, 0) is 0 Å². The Morgan fingerprint density at radius 3 is 2.46 bits per heavy atom. The molecule has 1 aliphatic rings. The summed E-state index contributed by atoms with van der Waals surface area (Å²) in [7, 11) is 0. The second kappa shape index (κ2) is 4.02. The molecule has 0 radical (unpaired) electrons. The maximum atomic E-state index is 2.47. The fraction of sp³-hybridized carbons (Fsp3) is 1.00. The first-order valence-corrected chi connectivity index (χ1v) is 5.99. The molecule has 3 atom stereocenters. The summed E-state index contributed by atoms with van der Waals surface area (Å²) in [6.07, 6.45) is 5.68. The van der Waals surface area contributed by atoms with Crippen molar-refractivity contribution in [1.82, 2.24) is 0 Å². The molecule has 0 heteroatoms. The third kappa shape index (κ3) is 2.27. The number of hydrogen-bond donors (Lipinski definition) is 0. The molecule has 13 heavy (non-hydrogen) atoms. The van der Waals surface area contributed by atoms with Crippen molar-refractivity contribution in [3.05, 3.63) is 0 Å². The molecule has 1 fully saturated rings. The van der Waals surface area contributed by atoms with Crippen LogP contribution in [0.5, 0.6) is 0 Å². The van der Waals surface area contributed by atoms with Crippen LogP contribution >= 0.6 is 0 Å². The van der Waals surface area contributed by atoms with E-state index in [1.807, 2.05) is 0 Å². The van der Waals surface area contributed by atoms with E-state index in [-0.39, 0.29) is 0 Å². The Morgan fingerprint density at radius 2 is 2.00 bits per heavy atom. The Morgan fingerprint density at radius 1 is 1.38 bits per heavy atom. The summed E-state index contributed by atoms with van der Waals surface area (Å²) in [5.74, 6) is 2.80. The lowest BCUT2D eigenvalue weighted by molar-refractivity contribution is 0.0381. The second-order valence-electron chi connectivity index (χ2n) is 5.77. The molecule has 3 unspecified atom stereocenters. The van der Waals surface area contributed by atoms with E-state index in [9.17, 15) is 0 Å². The summed E-state index contributed by atoms with van der Waals surface area (Å²) < 4.78 is 0. The molecular weight excluding hydrogens is 156 g/mol. The molecule has 0 N–H and O–H groups in total. The maximum absolute atomic E-state index is 2.47. The first kappa shape index (κ1) is 11.1. The Labute approximate surface area is 84.1 Å². The Hall–Kier alpha value is 0. The van der Waals surface area contributed by atoms with Crippen molar-refractivity contribution in [2.75, 3.05) is 0 Å². The van der Waals surface area contributed by atoms with Gasteiger partial charge >= 0.3 is 0 Å². The van der Waals surface area contributed by atoms with Gasteiger partial charge in [-0.2, -0.15) is 0 Å². The molecule has 0 spiro atoms. The van der Waals surface area contributed by atoms with Gasteiger partial charge in [-0.3, -0.25) is 0 Å². The Kier molecular flexibility index (Phi) is 3.43. The molecule has 0 bridgehead atoms. The van der Waals surface area contributed by atoms with Crippen LogP contribution in [0.1, 0.15) is 60.3 Å². The van der Waals surface area contributed by atoms with E-state index >= 15 is 0 Å². The molecule has 0 saturated heterocycles. The van der Waals surface area contributed by atoms with Gasteiger partial charge in [-0.15, -0.1) is 0 Å². The van der Waals surface area contributed by atoms with Crippen molar-refractivity contribution < 1.29 is 0 Å². The van der Waals surface area contributed by atoms with E-state index in [0.29, 0.717) is 5.41 Å². The highest BCUT2D eigenvalue weighted by atomic mass is 14.4. The molecule has 0 aromatic heterocycles. The molecular formula is C13H26. The summed E-state index contributed by atoms with van der Waals surface area (Å²) in [6.45, 7) is 12.2. The van der Waals surface area contributed by atoms with Crippen molar-refractivity contribution in [1.29, 1.82) is 0 Å². The zero-order chi connectivity index (χ0) is 10.1. The van der Waals surface area contributed by atoms with Crippen LogP contribution in [0.2, 0.25) is 0 Å². The van der Waals surface area contributed by atoms with E-state index in [1.54, 1.807) is 0 Å². The van der Waals surface area contributed by atoms with Gasteiger partial charge in [0.25, 0.3) is 0 Å². The van der Waals surface area contributed by atoms with Gasteiger partial charge in [0.15, 0.2) is 0 Å². The number of rotatable bonds is 2. The van der Waals surface area contributed by atoms with E-state index in [0.717, 1.165) is 17.8 Å². The number of hydrogen-bond acceptors (Lipinski definition) is 0. The van der Waals surface area contributed by atoms with Crippen LogP contribution in [0, 0.1) is 23.2 Å². The first-order chi connectivity index (χ1) is 5.99. The predicted octanol–water partition coefficient (Wildman–Crippen LogP) is 4.49. The summed E-state index contributed by atoms with van der Waals surface area (Å²) in [6, 6.07) is 0. The molecule has 1 aliphatic carbocycles. The average Bonchev–Trinajstić information content (AvgIpc) is 2.02. The highest BCUT2D eigenvalue weighted by Crippen LogP contribution is 2.48. The fourth-order valence-electron chi connectivity index (χ4n) is 3.58. The van der Waals surface area contributed by atoms with E-state index < -0.39 is 0 Å². The molecule has 0 amide bonds. The third-order valence-corrected chi connectivity index (χ3v) is 4.25. The van der Waals surface area contributed by atoms with Crippen molar-refractivity contribution in [2.45, 2.75) is 60.3 Å². The lowest BCUT2D eigenvalue weighted by Gasteiger charge is -2.46. The van der Waals surface area contributed by atoms with E-state index in [1.165, 1.54) is 25.7 Å².